The van der Waals surface area contributed by atoms with Crippen LogP contribution in [0, 0.1) is 0 Å². The van der Waals surface area contributed by atoms with E-state index in [0.29, 0.717) is 6.54 Å². The average molecular weight is 411 g/mol. The Hall–Kier alpha value is -3.78. The summed E-state index contributed by atoms with van der Waals surface area (Å²) in [5.74, 6) is 0.719. The molecule has 2 aromatic heterocycles. The standard InChI is InChI=1S/C23H21N7O/c1-6-20-17(14-25-28-20)13-16(1)21-15-30-8-7-24-23(30)22(27-21)26-18-2-4-19(5-3-18)29-9-11-31-12-10-29/h1-8,13,15H,9-12,14H2,(H,26,27). The van der Waals surface area contributed by atoms with Gasteiger partial charge in [-0.15, -0.1) is 0 Å². The Labute approximate surface area is 179 Å². The van der Waals surface area contributed by atoms with E-state index in [-0.39, 0.29) is 0 Å². The van der Waals surface area contributed by atoms with E-state index in [0.717, 1.165) is 66.0 Å². The second-order valence-electron chi connectivity index (χ2n) is 7.65. The summed E-state index contributed by atoms with van der Waals surface area (Å²) in [7, 11) is 0. The fourth-order valence-corrected chi connectivity index (χ4v) is 4.03. The first-order valence-corrected chi connectivity index (χ1v) is 10.4. The number of aromatic nitrogens is 3. The lowest BCUT2D eigenvalue weighted by atomic mass is 10.1. The first-order valence-electron chi connectivity index (χ1n) is 10.4. The fourth-order valence-electron chi connectivity index (χ4n) is 4.03. The lowest BCUT2D eigenvalue weighted by molar-refractivity contribution is 0.122. The van der Waals surface area contributed by atoms with Gasteiger partial charge in [0, 0.05) is 54.2 Å². The highest BCUT2D eigenvalue weighted by Crippen LogP contribution is 2.32. The molecular formula is C23H21N7O. The second kappa shape index (κ2) is 7.48. The second-order valence-corrected chi connectivity index (χ2v) is 7.65. The number of hydrogen-bond donors (Lipinski definition) is 1. The number of azo groups is 1. The highest BCUT2D eigenvalue weighted by Gasteiger charge is 2.14. The normalized spacial score (nSPS) is 15.4. The SMILES string of the molecule is c1cn2cc(-c3ccc4c(c3)CN=N4)nc(Nc3ccc(N4CCOCC4)cc3)c2n1. The van der Waals surface area contributed by atoms with Crippen molar-refractivity contribution in [2.24, 2.45) is 10.2 Å². The minimum absolute atomic E-state index is 0.622. The largest absolute Gasteiger partial charge is 0.378 e. The number of imidazole rings is 1. The number of anilines is 3. The van der Waals surface area contributed by atoms with E-state index in [2.05, 4.69) is 55.8 Å². The van der Waals surface area contributed by atoms with Gasteiger partial charge in [0.15, 0.2) is 11.5 Å². The van der Waals surface area contributed by atoms with E-state index >= 15 is 0 Å². The number of nitrogens with one attached hydrogen (secondary N) is 1. The van der Waals surface area contributed by atoms with Gasteiger partial charge in [-0.25, -0.2) is 9.97 Å². The molecule has 1 saturated heterocycles. The van der Waals surface area contributed by atoms with Gasteiger partial charge in [-0.1, -0.05) is 6.07 Å². The molecule has 0 atom stereocenters. The fraction of sp³-hybridized carbons (Fsp3) is 0.217. The summed E-state index contributed by atoms with van der Waals surface area (Å²) in [5, 5.41) is 11.7. The molecule has 31 heavy (non-hydrogen) atoms. The molecular weight excluding hydrogens is 390 g/mol. The highest BCUT2D eigenvalue weighted by molar-refractivity contribution is 5.75. The van der Waals surface area contributed by atoms with E-state index in [1.54, 1.807) is 6.20 Å². The summed E-state index contributed by atoms with van der Waals surface area (Å²) in [6.07, 6.45) is 5.72. The number of fused-ring (bicyclic) bond motifs is 2. The van der Waals surface area contributed by atoms with Gasteiger partial charge in [-0.3, -0.25) is 0 Å². The number of nitrogens with zero attached hydrogens (tertiary/aromatic N) is 6. The molecule has 0 spiro atoms. The molecule has 0 aliphatic carbocycles. The van der Waals surface area contributed by atoms with E-state index in [4.69, 9.17) is 9.72 Å². The maximum atomic E-state index is 5.45. The topological polar surface area (TPSA) is 79.4 Å². The number of benzene rings is 2. The summed E-state index contributed by atoms with van der Waals surface area (Å²) in [6.45, 7) is 4.02. The van der Waals surface area contributed by atoms with Crippen LogP contribution in [0.3, 0.4) is 0 Å². The van der Waals surface area contributed by atoms with Gasteiger partial charge in [-0.2, -0.15) is 10.2 Å². The molecule has 1 fully saturated rings. The predicted octanol–water partition coefficient (Wildman–Crippen LogP) is 4.57. The van der Waals surface area contributed by atoms with Gasteiger partial charge in [0.2, 0.25) is 0 Å². The molecule has 0 saturated carbocycles. The van der Waals surface area contributed by atoms with Gasteiger partial charge >= 0.3 is 0 Å². The maximum Gasteiger partial charge on any atom is 0.180 e. The number of ether oxygens (including phenoxy) is 1. The zero-order valence-corrected chi connectivity index (χ0v) is 16.9. The average Bonchev–Trinajstić information content (AvgIpc) is 3.49. The third-order valence-electron chi connectivity index (χ3n) is 5.68. The third kappa shape index (κ3) is 3.40. The van der Waals surface area contributed by atoms with E-state index in [1.165, 1.54) is 5.69 Å². The summed E-state index contributed by atoms with van der Waals surface area (Å²) >= 11 is 0. The Morgan fingerprint density at radius 1 is 1.00 bits per heavy atom. The highest BCUT2D eigenvalue weighted by atomic mass is 16.5. The minimum atomic E-state index is 0.622. The monoisotopic (exact) mass is 411 g/mol. The lowest BCUT2D eigenvalue weighted by Gasteiger charge is -2.28. The quantitative estimate of drug-likeness (QED) is 0.532. The Bertz CT molecular complexity index is 1270. The molecule has 0 amide bonds. The Morgan fingerprint density at radius 3 is 2.74 bits per heavy atom. The van der Waals surface area contributed by atoms with Crippen molar-refractivity contribution in [2.75, 3.05) is 36.5 Å². The molecule has 4 heterocycles. The van der Waals surface area contributed by atoms with Crippen LogP contribution in [-0.2, 0) is 11.3 Å². The van der Waals surface area contributed by atoms with Crippen molar-refractivity contribution in [1.82, 2.24) is 14.4 Å². The Morgan fingerprint density at radius 2 is 1.87 bits per heavy atom. The van der Waals surface area contributed by atoms with E-state index in [9.17, 15) is 0 Å². The van der Waals surface area contributed by atoms with Crippen LogP contribution >= 0.6 is 0 Å². The van der Waals surface area contributed by atoms with E-state index in [1.807, 2.05) is 28.9 Å². The van der Waals surface area contributed by atoms with Crippen molar-refractivity contribution in [2.45, 2.75) is 6.54 Å². The summed E-state index contributed by atoms with van der Waals surface area (Å²) in [6, 6.07) is 14.6. The molecule has 8 nitrogen and oxygen atoms in total. The van der Waals surface area contributed by atoms with Crippen molar-refractivity contribution in [1.29, 1.82) is 0 Å². The Kier molecular flexibility index (Phi) is 4.35. The summed E-state index contributed by atoms with van der Waals surface area (Å²) < 4.78 is 7.44. The van der Waals surface area contributed by atoms with Crippen molar-refractivity contribution < 1.29 is 4.74 Å². The Balaban J connectivity index is 1.32. The van der Waals surface area contributed by atoms with Crippen molar-refractivity contribution in [3.8, 4) is 11.3 Å². The molecule has 2 aromatic carbocycles. The van der Waals surface area contributed by atoms with Crippen molar-refractivity contribution in [3.05, 3.63) is 66.6 Å². The van der Waals surface area contributed by atoms with Gasteiger partial charge < -0.3 is 19.4 Å². The van der Waals surface area contributed by atoms with Crippen LogP contribution in [-0.4, -0.2) is 40.7 Å². The molecule has 154 valence electrons. The van der Waals surface area contributed by atoms with Crippen LogP contribution < -0.4 is 10.2 Å². The molecule has 6 rings (SSSR count). The minimum Gasteiger partial charge on any atom is -0.378 e. The first kappa shape index (κ1) is 18.0. The molecule has 0 bridgehead atoms. The summed E-state index contributed by atoms with van der Waals surface area (Å²) in [5.41, 5.74) is 6.92. The van der Waals surface area contributed by atoms with Crippen molar-refractivity contribution >= 4 is 28.5 Å². The molecule has 4 aromatic rings. The molecule has 8 heteroatoms. The van der Waals surface area contributed by atoms with Crippen molar-refractivity contribution in [3.63, 3.8) is 0 Å². The molecule has 1 N–H and O–H groups in total. The number of morpholine rings is 1. The van der Waals surface area contributed by atoms with Crippen LogP contribution in [0.15, 0.2) is 71.3 Å². The molecule has 0 unspecified atom stereocenters. The van der Waals surface area contributed by atoms with Gasteiger partial charge in [-0.05, 0) is 36.4 Å². The predicted molar refractivity (Wildman–Crippen MR) is 119 cm³/mol. The van der Waals surface area contributed by atoms with Crippen LogP contribution in [0.5, 0.6) is 0 Å². The third-order valence-corrected chi connectivity index (χ3v) is 5.68. The van der Waals surface area contributed by atoms with Crippen LogP contribution in [0.25, 0.3) is 16.9 Å². The summed E-state index contributed by atoms with van der Waals surface area (Å²) in [4.78, 5) is 11.7. The molecule has 2 aliphatic heterocycles. The van der Waals surface area contributed by atoms with Gasteiger partial charge in [0.25, 0.3) is 0 Å². The zero-order chi connectivity index (χ0) is 20.6. The number of hydrogen-bond acceptors (Lipinski definition) is 7. The molecule has 0 radical (unpaired) electrons. The lowest BCUT2D eigenvalue weighted by Crippen LogP contribution is -2.36. The zero-order valence-electron chi connectivity index (χ0n) is 16.9. The first-order chi connectivity index (χ1) is 15.3. The smallest absolute Gasteiger partial charge is 0.180 e. The maximum absolute atomic E-state index is 5.45. The van der Waals surface area contributed by atoms with E-state index < -0.39 is 0 Å². The number of rotatable bonds is 4. The van der Waals surface area contributed by atoms with Gasteiger partial charge in [0.1, 0.15) is 0 Å². The van der Waals surface area contributed by atoms with Crippen LogP contribution in [0.4, 0.5) is 22.9 Å². The van der Waals surface area contributed by atoms with Gasteiger partial charge in [0.05, 0.1) is 31.1 Å². The van der Waals surface area contributed by atoms with Crippen LogP contribution in [0.2, 0.25) is 0 Å². The van der Waals surface area contributed by atoms with Crippen LogP contribution in [0.1, 0.15) is 5.56 Å². The molecule has 2 aliphatic rings.